The van der Waals surface area contributed by atoms with Crippen molar-refractivity contribution >= 4 is 18.5 Å². The van der Waals surface area contributed by atoms with E-state index in [1.165, 1.54) is 6.07 Å². The Labute approximate surface area is 120 Å². The summed E-state index contributed by atoms with van der Waals surface area (Å²) in [5, 5.41) is 0. The Bertz CT molecular complexity index is 492. The smallest absolute Gasteiger partial charge is 0.398 e. The minimum Gasteiger partial charge on any atom is -0.398 e. The molecule has 0 N–H and O–H groups in total. The summed E-state index contributed by atoms with van der Waals surface area (Å²) >= 11 is 0. The Morgan fingerprint density at radius 1 is 1.20 bits per heavy atom. The van der Waals surface area contributed by atoms with E-state index in [1.54, 1.807) is 6.07 Å². The van der Waals surface area contributed by atoms with Crippen molar-refractivity contribution in [2.75, 3.05) is 18.5 Å². The Kier molecular flexibility index (Phi) is 3.82. The maximum atomic E-state index is 14.1. The van der Waals surface area contributed by atoms with Crippen LogP contribution in [-0.4, -0.2) is 36.9 Å². The summed E-state index contributed by atoms with van der Waals surface area (Å²) in [5.41, 5.74) is -0.793. The molecule has 6 heteroatoms. The van der Waals surface area contributed by atoms with Crippen LogP contribution in [0.1, 0.15) is 34.6 Å². The molecule has 0 radical (unpaired) electrons. The van der Waals surface area contributed by atoms with Gasteiger partial charge in [0.2, 0.25) is 0 Å². The summed E-state index contributed by atoms with van der Waals surface area (Å²) in [6.45, 7) is 10.6. The van der Waals surface area contributed by atoms with Gasteiger partial charge in [-0.1, -0.05) is 0 Å². The molecule has 4 nitrogen and oxygen atoms in total. The van der Waals surface area contributed by atoms with Gasteiger partial charge in [-0.25, -0.2) is 9.37 Å². The van der Waals surface area contributed by atoms with Crippen LogP contribution in [0.5, 0.6) is 0 Å². The van der Waals surface area contributed by atoms with Crippen LogP contribution in [0.4, 0.5) is 10.2 Å². The number of rotatable bonds is 3. The molecule has 20 heavy (non-hydrogen) atoms. The van der Waals surface area contributed by atoms with Crippen LogP contribution in [0.25, 0.3) is 0 Å². The van der Waals surface area contributed by atoms with Gasteiger partial charge in [-0.3, -0.25) is 0 Å². The van der Waals surface area contributed by atoms with Crippen molar-refractivity contribution < 1.29 is 13.7 Å². The fourth-order valence-electron chi connectivity index (χ4n) is 1.94. The van der Waals surface area contributed by atoms with Gasteiger partial charge in [0.1, 0.15) is 17.2 Å². The third-order valence-electron chi connectivity index (χ3n) is 4.20. The van der Waals surface area contributed by atoms with Crippen molar-refractivity contribution in [1.82, 2.24) is 4.98 Å². The van der Waals surface area contributed by atoms with E-state index in [0.717, 1.165) is 6.54 Å². The molecule has 110 valence electrons. The third-order valence-corrected chi connectivity index (χ3v) is 4.20. The van der Waals surface area contributed by atoms with Crippen LogP contribution in [-0.2, 0) is 9.31 Å². The van der Waals surface area contributed by atoms with E-state index >= 15 is 0 Å². The van der Waals surface area contributed by atoms with Gasteiger partial charge in [0, 0.05) is 13.6 Å². The maximum absolute atomic E-state index is 14.1. The van der Waals surface area contributed by atoms with Crippen molar-refractivity contribution in [1.29, 1.82) is 0 Å². The summed E-state index contributed by atoms with van der Waals surface area (Å²) in [4.78, 5) is 6.30. The number of pyridine rings is 1. The molecule has 1 saturated heterocycles. The van der Waals surface area contributed by atoms with Gasteiger partial charge >= 0.3 is 7.12 Å². The first-order chi connectivity index (χ1) is 9.18. The molecule has 0 saturated carbocycles. The lowest BCUT2D eigenvalue weighted by atomic mass is 9.83. The molecule has 2 rings (SSSR count). The summed E-state index contributed by atoms with van der Waals surface area (Å²) in [6.07, 6.45) is 0. The zero-order chi connectivity index (χ0) is 15.1. The number of hydrogen-bond donors (Lipinski definition) is 0. The number of nitrogens with zero attached hydrogens (tertiary/aromatic N) is 2. The van der Waals surface area contributed by atoms with Crippen LogP contribution < -0.4 is 10.5 Å². The fraction of sp³-hybridized carbons (Fsp3) is 0.643. The highest BCUT2D eigenvalue weighted by Gasteiger charge is 2.53. The molecule has 0 aromatic carbocycles. The molecule has 1 aliphatic heterocycles. The Morgan fingerprint density at radius 3 is 2.25 bits per heavy atom. The highest BCUT2D eigenvalue weighted by atomic mass is 19.1. The van der Waals surface area contributed by atoms with E-state index in [9.17, 15) is 4.39 Å². The monoisotopic (exact) mass is 280 g/mol. The SMILES string of the molecule is CCN(C)c1ccc(F)c(B2OC(C)(C)C(C)(C)O2)n1. The minimum atomic E-state index is -0.773. The van der Waals surface area contributed by atoms with Crippen LogP contribution in [0.15, 0.2) is 12.1 Å². The lowest BCUT2D eigenvalue weighted by Gasteiger charge is -2.32. The van der Waals surface area contributed by atoms with E-state index in [4.69, 9.17) is 9.31 Å². The molecule has 0 spiro atoms. The number of hydrogen-bond acceptors (Lipinski definition) is 4. The molecule has 1 aromatic rings. The predicted octanol–water partition coefficient (Wildman–Crippen LogP) is 1.98. The molecule has 2 heterocycles. The van der Waals surface area contributed by atoms with Crippen molar-refractivity contribution in [2.24, 2.45) is 0 Å². The number of halogens is 1. The summed E-state index contributed by atoms with van der Waals surface area (Å²) in [7, 11) is 1.14. The topological polar surface area (TPSA) is 34.6 Å². The fourth-order valence-corrected chi connectivity index (χ4v) is 1.94. The number of aromatic nitrogens is 1. The zero-order valence-electron chi connectivity index (χ0n) is 13.0. The molecule has 1 fully saturated rings. The van der Waals surface area contributed by atoms with Crippen LogP contribution in [0, 0.1) is 5.82 Å². The highest BCUT2D eigenvalue weighted by Crippen LogP contribution is 2.36. The van der Waals surface area contributed by atoms with Crippen molar-refractivity contribution in [3.05, 3.63) is 17.9 Å². The van der Waals surface area contributed by atoms with Gasteiger partial charge in [-0.2, -0.15) is 0 Å². The summed E-state index contributed by atoms with van der Waals surface area (Å²) in [5.74, 6) is 0.301. The first-order valence-corrected chi connectivity index (χ1v) is 6.91. The molecule has 0 aliphatic carbocycles. The quantitative estimate of drug-likeness (QED) is 0.793. The molecular weight excluding hydrogens is 258 g/mol. The zero-order valence-corrected chi connectivity index (χ0v) is 13.0. The average molecular weight is 280 g/mol. The molecule has 1 aliphatic rings. The number of anilines is 1. The van der Waals surface area contributed by atoms with Crippen LogP contribution in [0.3, 0.4) is 0 Å². The van der Waals surface area contributed by atoms with Crippen molar-refractivity contribution in [3.63, 3.8) is 0 Å². The Balaban J connectivity index is 2.34. The predicted molar refractivity (Wildman–Crippen MR) is 78.9 cm³/mol. The van der Waals surface area contributed by atoms with Gasteiger partial charge < -0.3 is 14.2 Å². The van der Waals surface area contributed by atoms with Gasteiger partial charge in [0.05, 0.1) is 11.2 Å². The van der Waals surface area contributed by atoms with E-state index in [1.807, 2.05) is 46.6 Å². The second-order valence-corrected chi connectivity index (χ2v) is 6.14. The molecule has 0 atom stereocenters. The van der Waals surface area contributed by atoms with Crippen LogP contribution >= 0.6 is 0 Å². The normalized spacial score (nSPS) is 20.2. The van der Waals surface area contributed by atoms with Gasteiger partial charge in [0.15, 0.2) is 0 Å². The van der Waals surface area contributed by atoms with Gasteiger partial charge in [-0.15, -0.1) is 0 Å². The van der Waals surface area contributed by atoms with Gasteiger partial charge in [-0.05, 0) is 46.8 Å². The first kappa shape index (κ1) is 15.3. The minimum absolute atomic E-state index is 0.210. The lowest BCUT2D eigenvalue weighted by molar-refractivity contribution is 0.00578. The van der Waals surface area contributed by atoms with Gasteiger partial charge in [0.25, 0.3) is 0 Å². The van der Waals surface area contributed by atoms with E-state index in [0.29, 0.717) is 5.82 Å². The molecule has 0 unspecified atom stereocenters. The summed E-state index contributed by atoms with van der Waals surface area (Å²) in [6, 6.07) is 3.07. The second kappa shape index (κ2) is 5.00. The largest absolute Gasteiger partial charge is 0.517 e. The van der Waals surface area contributed by atoms with Crippen LogP contribution in [0.2, 0.25) is 0 Å². The summed E-state index contributed by atoms with van der Waals surface area (Å²) < 4.78 is 25.8. The second-order valence-electron chi connectivity index (χ2n) is 6.14. The van der Waals surface area contributed by atoms with E-state index in [-0.39, 0.29) is 5.59 Å². The standard InChI is InChI=1S/C14H22BFN2O2/c1-7-18(6)11-9-8-10(16)12(17-11)15-19-13(2,3)14(4,5)20-15/h8-9H,7H2,1-6H3. The average Bonchev–Trinajstić information content (AvgIpc) is 2.58. The van der Waals surface area contributed by atoms with E-state index < -0.39 is 24.1 Å². The lowest BCUT2D eigenvalue weighted by Crippen LogP contribution is -2.41. The first-order valence-electron chi connectivity index (χ1n) is 6.91. The molecule has 0 amide bonds. The Hall–Kier alpha value is -1.14. The third kappa shape index (κ3) is 2.54. The van der Waals surface area contributed by atoms with Crippen molar-refractivity contribution in [2.45, 2.75) is 45.8 Å². The van der Waals surface area contributed by atoms with E-state index in [2.05, 4.69) is 4.98 Å². The Morgan fingerprint density at radius 2 is 1.75 bits per heavy atom. The molecule has 1 aromatic heterocycles. The van der Waals surface area contributed by atoms with Crippen molar-refractivity contribution in [3.8, 4) is 0 Å². The molecular formula is C14H22BFN2O2. The highest BCUT2D eigenvalue weighted by molar-refractivity contribution is 6.61. The molecule has 0 bridgehead atoms. The maximum Gasteiger partial charge on any atom is 0.517 e.